The molecule has 0 spiro atoms. The molecule has 1 aromatic rings. The number of carbonyl (C=O) groups is 1. The number of carbonyl (C=O) groups excluding carboxylic acids is 1. The first-order chi connectivity index (χ1) is 12.2. The maximum absolute atomic E-state index is 12.8. The summed E-state index contributed by atoms with van der Waals surface area (Å²) in [6.45, 7) is 3.43. The molecule has 7 heteroatoms. The number of amides is 1. The Kier molecular flexibility index (Phi) is 7.35. The first kappa shape index (κ1) is 21.0. The van der Waals surface area contributed by atoms with E-state index in [1.54, 1.807) is 25.1 Å². The van der Waals surface area contributed by atoms with Crippen LogP contribution >= 0.6 is 11.6 Å². The molecule has 1 aliphatic rings. The van der Waals surface area contributed by atoms with Gasteiger partial charge in [0, 0.05) is 11.1 Å². The Morgan fingerprint density at radius 3 is 2.35 bits per heavy atom. The molecule has 1 aliphatic carbocycles. The lowest BCUT2D eigenvalue weighted by molar-refractivity contribution is -0.122. The van der Waals surface area contributed by atoms with Crippen molar-refractivity contribution in [2.75, 3.05) is 10.6 Å². The van der Waals surface area contributed by atoms with E-state index in [1.807, 2.05) is 6.92 Å². The minimum Gasteiger partial charge on any atom is -0.352 e. The molecule has 2 rings (SSSR count). The summed E-state index contributed by atoms with van der Waals surface area (Å²) in [5, 5.41) is 3.50. The smallest absolute Gasteiger partial charge is 0.243 e. The maximum Gasteiger partial charge on any atom is 0.243 e. The highest BCUT2D eigenvalue weighted by atomic mass is 35.5. The Labute approximate surface area is 162 Å². The summed E-state index contributed by atoms with van der Waals surface area (Å²) in [5.41, 5.74) is 1.20. The molecular weight excluding hydrogens is 372 g/mol. The normalized spacial score (nSPS) is 17.8. The lowest BCUT2D eigenvalue weighted by atomic mass is 9.96. The summed E-state index contributed by atoms with van der Waals surface area (Å²) < 4.78 is 26.0. The molecule has 1 amide bonds. The second kappa shape index (κ2) is 9.09. The summed E-state index contributed by atoms with van der Waals surface area (Å²) in [6.07, 6.45) is 8.87. The number of nitrogens with one attached hydrogen (secondary N) is 1. The molecule has 0 aliphatic heterocycles. The number of hydrogen-bond acceptors (Lipinski definition) is 3. The van der Waals surface area contributed by atoms with Crippen LogP contribution in [0.5, 0.6) is 0 Å². The van der Waals surface area contributed by atoms with Crippen LogP contribution in [0.3, 0.4) is 0 Å². The molecule has 0 bridgehead atoms. The molecule has 0 aromatic heterocycles. The minimum absolute atomic E-state index is 0.118. The average Bonchev–Trinajstić information content (AvgIpc) is 2.52. The van der Waals surface area contributed by atoms with E-state index in [1.165, 1.54) is 23.6 Å². The quantitative estimate of drug-likeness (QED) is 0.811. The monoisotopic (exact) mass is 400 g/mol. The van der Waals surface area contributed by atoms with Crippen LogP contribution in [-0.2, 0) is 14.8 Å². The van der Waals surface area contributed by atoms with Crippen molar-refractivity contribution in [3.63, 3.8) is 0 Å². The number of rotatable bonds is 5. The first-order valence-corrected chi connectivity index (χ1v) is 11.5. The molecule has 1 aromatic carbocycles. The predicted octanol–water partition coefficient (Wildman–Crippen LogP) is 4.03. The molecule has 1 saturated carbocycles. The summed E-state index contributed by atoms with van der Waals surface area (Å²) in [6, 6.07) is 4.34. The van der Waals surface area contributed by atoms with Crippen molar-refractivity contribution in [3.8, 4) is 0 Å². The Bertz CT molecular complexity index is 728. The topological polar surface area (TPSA) is 66.5 Å². The molecule has 0 heterocycles. The van der Waals surface area contributed by atoms with Crippen molar-refractivity contribution >= 4 is 33.2 Å². The zero-order valence-electron chi connectivity index (χ0n) is 15.8. The number of sulfonamides is 1. The van der Waals surface area contributed by atoms with Crippen molar-refractivity contribution in [3.05, 3.63) is 28.8 Å². The van der Waals surface area contributed by atoms with Gasteiger partial charge in [-0.05, 0) is 44.4 Å². The van der Waals surface area contributed by atoms with Gasteiger partial charge in [0.05, 0.1) is 11.9 Å². The van der Waals surface area contributed by atoms with Crippen molar-refractivity contribution in [2.45, 2.75) is 70.9 Å². The van der Waals surface area contributed by atoms with E-state index in [0.29, 0.717) is 10.7 Å². The van der Waals surface area contributed by atoms with Crippen LogP contribution in [0.2, 0.25) is 5.02 Å². The van der Waals surface area contributed by atoms with Gasteiger partial charge in [-0.15, -0.1) is 0 Å². The Morgan fingerprint density at radius 2 is 1.77 bits per heavy atom. The fourth-order valence-electron chi connectivity index (χ4n) is 3.52. The van der Waals surface area contributed by atoms with E-state index in [0.717, 1.165) is 37.5 Å². The van der Waals surface area contributed by atoms with Gasteiger partial charge in [-0.25, -0.2) is 8.42 Å². The van der Waals surface area contributed by atoms with E-state index in [4.69, 9.17) is 11.6 Å². The van der Waals surface area contributed by atoms with Gasteiger partial charge < -0.3 is 5.32 Å². The third-order valence-corrected chi connectivity index (χ3v) is 6.41. The van der Waals surface area contributed by atoms with Gasteiger partial charge in [0.1, 0.15) is 6.04 Å². The summed E-state index contributed by atoms with van der Waals surface area (Å²) in [5.74, 6) is -0.264. The number of aryl methyl sites for hydroxylation is 1. The fourth-order valence-corrected chi connectivity index (χ4v) is 4.91. The molecule has 5 nitrogen and oxygen atoms in total. The lowest BCUT2D eigenvalue weighted by Gasteiger charge is -2.31. The third kappa shape index (κ3) is 5.61. The van der Waals surface area contributed by atoms with Crippen molar-refractivity contribution < 1.29 is 13.2 Å². The van der Waals surface area contributed by atoms with Gasteiger partial charge in [-0.2, -0.15) is 0 Å². The molecular formula is C19H29ClN2O3S. The molecule has 0 saturated heterocycles. The van der Waals surface area contributed by atoms with Crippen LogP contribution in [-0.4, -0.2) is 32.7 Å². The van der Waals surface area contributed by atoms with Crippen LogP contribution < -0.4 is 9.62 Å². The standard InChI is InChI=1S/C19H29ClN2O3S/c1-14-11-12-16(20)13-18(14)22(26(3,24)25)15(2)19(23)21-17-9-7-5-4-6-8-10-17/h11-13,15,17H,4-10H2,1-3H3,(H,21,23)/t15-/m0/s1. The minimum atomic E-state index is -3.64. The number of hydrogen-bond donors (Lipinski definition) is 1. The molecule has 146 valence electrons. The number of nitrogens with zero attached hydrogens (tertiary/aromatic N) is 1. The third-order valence-electron chi connectivity index (χ3n) is 4.95. The number of anilines is 1. The van der Waals surface area contributed by atoms with Gasteiger partial charge in [-0.3, -0.25) is 9.10 Å². The van der Waals surface area contributed by atoms with E-state index in [2.05, 4.69) is 5.32 Å². The van der Waals surface area contributed by atoms with E-state index >= 15 is 0 Å². The zero-order valence-corrected chi connectivity index (χ0v) is 17.4. The largest absolute Gasteiger partial charge is 0.352 e. The van der Waals surface area contributed by atoms with Crippen molar-refractivity contribution in [2.24, 2.45) is 0 Å². The fraction of sp³-hybridized carbons (Fsp3) is 0.632. The summed E-state index contributed by atoms with van der Waals surface area (Å²) >= 11 is 6.06. The molecule has 1 N–H and O–H groups in total. The summed E-state index contributed by atoms with van der Waals surface area (Å²) in [7, 11) is -3.64. The van der Waals surface area contributed by atoms with Gasteiger partial charge in [0.25, 0.3) is 0 Å². The van der Waals surface area contributed by atoms with Crippen LogP contribution in [0.4, 0.5) is 5.69 Å². The number of halogens is 1. The van der Waals surface area contributed by atoms with Crippen molar-refractivity contribution in [1.29, 1.82) is 0 Å². The summed E-state index contributed by atoms with van der Waals surface area (Å²) in [4.78, 5) is 12.8. The van der Waals surface area contributed by atoms with E-state index < -0.39 is 16.1 Å². The van der Waals surface area contributed by atoms with Crippen LogP contribution in [0.15, 0.2) is 18.2 Å². The van der Waals surface area contributed by atoms with Gasteiger partial charge in [-0.1, -0.05) is 49.8 Å². The lowest BCUT2D eigenvalue weighted by Crippen LogP contribution is -2.50. The molecule has 1 fully saturated rings. The second-order valence-corrected chi connectivity index (χ2v) is 9.51. The Hall–Kier alpha value is -1.27. The molecule has 0 radical (unpaired) electrons. The molecule has 1 atom stereocenters. The van der Waals surface area contributed by atoms with Crippen molar-refractivity contribution in [1.82, 2.24) is 5.32 Å². The average molecular weight is 401 g/mol. The number of benzene rings is 1. The van der Waals surface area contributed by atoms with E-state index in [-0.39, 0.29) is 11.9 Å². The highest BCUT2D eigenvalue weighted by Gasteiger charge is 2.31. The highest BCUT2D eigenvalue weighted by molar-refractivity contribution is 7.92. The van der Waals surface area contributed by atoms with Gasteiger partial charge in [0.15, 0.2) is 0 Å². The van der Waals surface area contributed by atoms with E-state index in [9.17, 15) is 13.2 Å². The van der Waals surface area contributed by atoms with Gasteiger partial charge >= 0.3 is 0 Å². The van der Waals surface area contributed by atoms with Gasteiger partial charge in [0.2, 0.25) is 15.9 Å². The first-order valence-electron chi connectivity index (χ1n) is 9.26. The van der Waals surface area contributed by atoms with Crippen LogP contribution in [0, 0.1) is 6.92 Å². The SMILES string of the molecule is Cc1ccc(Cl)cc1N([C@@H](C)C(=O)NC1CCCCCCC1)S(C)(=O)=O. The molecule has 26 heavy (non-hydrogen) atoms. The zero-order chi connectivity index (χ0) is 19.3. The second-order valence-electron chi connectivity index (χ2n) is 7.22. The van der Waals surface area contributed by atoms with Crippen LogP contribution in [0.25, 0.3) is 0 Å². The predicted molar refractivity (Wildman–Crippen MR) is 107 cm³/mol. The molecule has 0 unspecified atom stereocenters. The highest BCUT2D eigenvalue weighted by Crippen LogP contribution is 2.28. The Balaban J connectivity index is 2.22. The maximum atomic E-state index is 12.8. The van der Waals surface area contributed by atoms with Crippen LogP contribution in [0.1, 0.15) is 57.4 Å². The Morgan fingerprint density at radius 1 is 1.19 bits per heavy atom.